The predicted molar refractivity (Wildman–Crippen MR) is 58.2 cm³/mol. The molecule has 0 aromatic heterocycles. The molecule has 1 aromatic carbocycles. The van der Waals surface area contributed by atoms with E-state index >= 15 is 0 Å². The Morgan fingerprint density at radius 3 is 2.42 bits per heavy atom. The molecule has 1 unspecified atom stereocenters. The van der Waals surface area contributed by atoms with Gasteiger partial charge in [0.1, 0.15) is 0 Å². The second kappa shape index (κ2) is 3.77. The largest absolute Gasteiger partial charge is 0.397 e. The van der Waals surface area contributed by atoms with E-state index in [0.717, 1.165) is 11.4 Å². The molecule has 0 bridgehead atoms. The van der Waals surface area contributed by atoms with E-state index in [0.29, 0.717) is 8.73 Å². The lowest BCUT2D eigenvalue weighted by molar-refractivity contribution is 1.34. The summed E-state index contributed by atoms with van der Waals surface area (Å²) >= 11 is 0. The third-order valence-electron chi connectivity index (χ3n) is 1.93. The summed E-state index contributed by atoms with van der Waals surface area (Å²) in [5, 5.41) is 3.25. The van der Waals surface area contributed by atoms with Crippen molar-refractivity contribution >= 4 is 20.1 Å². The highest BCUT2D eigenvalue weighted by molar-refractivity contribution is 7.38. The first kappa shape index (κ1) is 9.34. The van der Waals surface area contributed by atoms with Gasteiger partial charge in [-0.2, -0.15) is 0 Å². The minimum Gasteiger partial charge on any atom is -0.397 e. The Hall–Kier alpha value is -0.750. The molecule has 66 valence electrons. The summed E-state index contributed by atoms with van der Waals surface area (Å²) in [7, 11) is 0.695. The van der Waals surface area contributed by atoms with E-state index in [1.165, 1.54) is 11.1 Å². The molecule has 3 N–H and O–H groups in total. The van der Waals surface area contributed by atoms with Gasteiger partial charge in [-0.1, -0.05) is 0 Å². The molecule has 12 heavy (non-hydrogen) atoms. The van der Waals surface area contributed by atoms with Crippen LogP contribution >= 0.6 is 8.73 Å². The molecule has 0 saturated heterocycles. The molecule has 0 aliphatic heterocycles. The Labute approximate surface area is 75.4 Å². The number of aryl methyl sites for hydroxylation is 2. The number of nitrogens with one attached hydrogen (secondary N) is 1. The highest BCUT2D eigenvalue weighted by atomic mass is 31.1. The Balaban J connectivity index is 3.05. The van der Waals surface area contributed by atoms with Gasteiger partial charge in [0.15, 0.2) is 0 Å². The number of anilines is 2. The molecule has 0 amide bonds. The normalized spacial score (nSPS) is 10.9. The van der Waals surface area contributed by atoms with Crippen molar-refractivity contribution in [3.05, 3.63) is 23.3 Å². The Kier molecular flexibility index (Phi) is 2.93. The van der Waals surface area contributed by atoms with E-state index in [1.54, 1.807) is 0 Å². The van der Waals surface area contributed by atoms with Gasteiger partial charge < -0.3 is 10.8 Å². The number of rotatable bonds is 2. The third kappa shape index (κ3) is 1.89. The van der Waals surface area contributed by atoms with Crippen LogP contribution < -0.4 is 10.8 Å². The zero-order valence-electron chi connectivity index (χ0n) is 7.73. The second-order valence-corrected chi connectivity index (χ2v) is 3.65. The first-order valence-electron chi connectivity index (χ1n) is 3.94. The first-order valence-corrected chi connectivity index (χ1v) is 5.44. The van der Waals surface area contributed by atoms with Gasteiger partial charge in [-0.3, -0.25) is 0 Å². The molecule has 1 atom stereocenters. The molecule has 0 saturated carbocycles. The first-order chi connectivity index (χ1) is 5.65. The average molecular weight is 182 g/mol. The molecule has 1 aromatic rings. The van der Waals surface area contributed by atoms with Crippen LogP contribution in [-0.4, -0.2) is 6.66 Å². The van der Waals surface area contributed by atoms with Crippen LogP contribution in [0, 0.1) is 13.8 Å². The van der Waals surface area contributed by atoms with Gasteiger partial charge in [0.25, 0.3) is 0 Å². The lowest BCUT2D eigenvalue weighted by Crippen LogP contribution is -1.95. The van der Waals surface area contributed by atoms with Gasteiger partial charge in [-0.25, -0.2) is 0 Å². The van der Waals surface area contributed by atoms with Gasteiger partial charge in [-0.15, -0.1) is 0 Å². The smallest absolute Gasteiger partial charge is 0.0607 e. The minimum absolute atomic E-state index is 0.695. The topological polar surface area (TPSA) is 38.0 Å². The van der Waals surface area contributed by atoms with Crippen molar-refractivity contribution in [2.24, 2.45) is 0 Å². The molecule has 0 aliphatic carbocycles. The number of benzene rings is 1. The standard InChI is InChI=1S/C9H15N2P/c1-6-4-8(10)9(11-12-3)5-7(6)2/h4-5,11-12H,10H2,1-3H3. The SMILES string of the molecule is CPNc1cc(C)c(C)cc1N. The number of hydrogen-bond acceptors (Lipinski definition) is 2. The van der Waals surface area contributed by atoms with Crippen LogP contribution in [0.2, 0.25) is 0 Å². The highest BCUT2D eigenvalue weighted by Gasteiger charge is 2.00. The van der Waals surface area contributed by atoms with Crippen LogP contribution in [0.25, 0.3) is 0 Å². The van der Waals surface area contributed by atoms with Crippen LogP contribution in [0.3, 0.4) is 0 Å². The van der Waals surface area contributed by atoms with E-state index in [9.17, 15) is 0 Å². The summed E-state index contributed by atoms with van der Waals surface area (Å²) < 4.78 is 0. The van der Waals surface area contributed by atoms with Crippen molar-refractivity contribution in [3.63, 3.8) is 0 Å². The fourth-order valence-electron chi connectivity index (χ4n) is 1.08. The molecule has 0 spiro atoms. The van der Waals surface area contributed by atoms with Crippen molar-refractivity contribution in [3.8, 4) is 0 Å². The summed E-state index contributed by atoms with van der Waals surface area (Å²) in [6.45, 7) is 6.26. The number of nitrogens with two attached hydrogens (primary N) is 1. The van der Waals surface area contributed by atoms with Crippen LogP contribution in [0.5, 0.6) is 0 Å². The average Bonchev–Trinajstić information content (AvgIpc) is 2.01. The lowest BCUT2D eigenvalue weighted by Gasteiger charge is -2.09. The van der Waals surface area contributed by atoms with Gasteiger partial charge in [0.05, 0.1) is 11.4 Å². The van der Waals surface area contributed by atoms with Gasteiger partial charge >= 0.3 is 0 Å². The summed E-state index contributed by atoms with van der Waals surface area (Å²) in [6, 6.07) is 4.11. The third-order valence-corrected chi connectivity index (χ3v) is 2.44. The van der Waals surface area contributed by atoms with Crippen molar-refractivity contribution < 1.29 is 0 Å². The van der Waals surface area contributed by atoms with Crippen LogP contribution in [0.15, 0.2) is 12.1 Å². The molecule has 0 radical (unpaired) electrons. The second-order valence-electron chi connectivity index (χ2n) is 2.90. The summed E-state index contributed by atoms with van der Waals surface area (Å²) in [5.74, 6) is 0. The Morgan fingerprint density at radius 2 is 1.83 bits per heavy atom. The molecule has 0 heterocycles. The van der Waals surface area contributed by atoms with E-state index in [1.807, 2.05) is 6.07 Å². The highest BCUT2D eigenvalue weighted by Crippen LogP contribution is 2.25. The number of nitrogen functional groups attached to an aromatic ring is 1. The van der Waals surface area contributed by atoms with Crippen molar-refractivity contribution in [1.29, 1.82) is 0 Å². The van der Waals surface area contributed by atoms with Gasteiger partial charge in [0, 0.05) is 0 Å². The summed E-state index contributed by atoms with van der Waals surface area (Å²) in [4.78, 5) is 0. The summed E-state index contributed by atoms with van der Waals surface area (Å²) in [6.07, 6.45) is 0. The van der Waals surface area contributed by atoms with E-state index in [2.05, 4.69) is 31.7 Å². The van der Waals surface area contributed by atoms with E-state index < -0.39 is 0 Å². The molecular weight excluding hydrogens is 167 g/mol. The Bertz CT molecular complexity index is 284. The fourth-order valence-corrected chi connectivity index (χ4v) is 1.57. The lowest BCUT2D eigenvalue weighted by atomic mass is 10.1. The Morgan fingerprint density at radius 1 is 1.25 bits per heavy atom. The molecule has 1 rings (SSSR count). The fraction of sp³-hybridized carbons (Fsp3) is 0.333. The van der Waals surface area contributed by atoms with Crippen molar-refractivity contribution in [2.75, 3.05) is 17.5 Å². The van der Waals surface area contributed by atoms with Crippen LogP contribution in [0.1, 0.15) is 11.1 Å². The molecule has 2 nitrogen and oxygen atoms in total. The van der Waals surface area contributed by atoms with Crippen LogP contribution in [0.4, 0.5) is 11.4 Å². The van der Waals surface area contributed by atoms with E-state index in [4.69, 9.17) is 5.73 Å². The quantitative estimate of drug-likeness (QED) is 0.544. The predicted octanol–water partition coefficient (Wildman–Crippen LogP) is 2.52. The molecular formula is C9H15N2P. The maximum Gasteiger partial charge on any atom is 0.0607 e. The minimum atomic E-state index is 0.695. The molecule has 0 aliphatic rings. The monoisotopic (exact) mass is 182 g/mol. The van der Waals surface area contributed by atoms with Crippen molar-refractivity contribution in [1.82, 2.24) is 0 Å². The van der Waals surface area contributed by atoms with Gasteiger partial charge in [0.2, 0.25) is 0 Å². The summed E-state index contributed by atoms with van der Waals surface area (Å²) in [5.41, 5.74) is 10.2. The number of hydrogen-bond donors (Lipinski definition) is 2. The maximum absolute atomic E-state index is 5.82. The molecule has 0 fully saturated rings. The van der Waals surface area contributed by atoms with Gasteiger partial charge in [-0.05, 0) is 52.5 Å². The zero-order valence-corrected chi connectivity index (χ0v) is 8.73. The zero-order chi connectivity index (χ0) is 9.14. The van der Waals surface area contributed by atoms with Crippen LogP contribution in [-0.2, 0) is 0 Å². The van der Waals surface area contributed by atoms with Crippen molar-refractivity contribution in [2.45, 2.75) is 13.8 Å². The molecule has 3 heteroatoms. The maximum atomic E-state index is 5.82. The van der Waals surface area contributed by atoms with E-state index in [-0.39, 0.29) is 0 Å².